The summed E-state index contributed by atoms with van der Waals surface area (Å²) < 4.78 is 4.75. The highest BCUT2D eigenvalue weighted by Crippen LogP contribution is 2.58. The quantitative estimate of drug-likeness (QED) is 0.178. The number of aliphatic imine (C=N–C) groups is 1. The third-order valence-electron chi connectivity index (χ3n) is 12.0. The Morgan fingerprint density at radius 1 is 0.518 bits per heavy atom. The van der Waals surface area contributed by atoms with Gasteiger partial charge in [-0.2, -0.15) is 0 Å². The van der Waals surface area contributed by atoms with Gasteiger partial charge in [0, 0.05) is 63.5 Å². The zero-order valence-corrected chi connectivity index (χ0v) is 30.3. The first kappa shape index (κ1) is 31.0. The van der Waals surface area contributed by atoms with Gasteiger partial charge in [-0.15, -0.1) is 0 Å². The van der Waals surface area contributed by atoms with Crippen LogP contribution in [-0.4, -0.2) is 25.3 Å². The van der Waals surface area contributed by atoms with Gasteiger partial charge in [0.15, 0.2) is 0 Å². The van der Waals surface area contributed by atoms with Crippen LogP contribution >= 0.6 is 0 Å². The van der Waals surface area contributed by atoms with E-state index in [0.29, 0.717) is 6.54 Å². The molecule has 0 spiro atoms. The Morgan fingerprint density at radius 3 is 1.91 bits per heavy atom. The SMILES string of the molecule is C1=NCc2c1c1cnccc1n2-c1ccc(-c2ccc(-n3c4ccccc4c4c5c(ccc43)C(c3ccccc3)(c3ccccc3)c3ncccc3-5)cc2)cc1. The molecule has 262 valence electrons. The molecule has 0 saturated heterocycles. The molecule has 0 atom stereocenters. The summed E-state index contributed by atoms with van der Waals surface area (Å²) in [6, 6.07) is 59.6. The number of aromatic nitrogens is 4. The van der Waals surface area contributed by atoms with Crippen LogP contribution in [0.4, 0.5) is 0 Å². The van der Waals surface area contributed by atoms with Gasteiger partial charge in [-0.3, -0.25) is 15.0 Å². The predicted octanol–water partition coefficient (Wildman–Crippen LogP) is 11.5. The van der Waals surface area contributed by atoms with Gasteiger partial charge in [-0.25, -0.2) is 0 Å². The highest BCUT2D eigenvalue weighted by molar-refractivity contribution is 6.18. The predicted molar refractivity (Wildman–Crippen MR) is 227 cm³/mol. The molecule has 2 aliphatic rings. The Balaban J connectivity index is 1.00. The monoisotopic (exact) mass is 715 g/mol. The molecule has 0 N–H and O–H groups in total. The number of hydrogen-bond donors (Lipinski definition) is 0. The first-order valence-corrected chi connectivity index (χ1v) is 19.1. The second-order valence-corrected chi connectivity index (χ2v) is 14.8. The van der Waals surface area contributed by atoms with Gasteiger partial charge in [0.05, 0.1) is 39.9 Å². The topological polar surface area (TPSA) is 48.0 Å². The van der Waals surface area contributed by atoms with E-state index in [1.54, 1.807) is 0 Å². The van der Waals surface area contributed by atoms with E-state index in [1.807, 2.05) is 24.8 Å². The molecule has 0 unspecified atom stereocenters. The van der Waals surface area contributed by atoms with Crippen molar-refractivity contribution in [2.75, 3.05) is 0 Å². The van der Waals surface area contributed by atoms with Crippen LogP contribution in [0.3, 0.4) is 0 Å². The van der Waals surface area contributed by atoms with Crippen LogP contribution in [0.2, 0.25) is 0 Å². The molecule has 0 saturated carbocycles. The van der Waals surface area contributed by atoms with Crippen LogP contribution in [0.15, 0.2) is 187 Å². The number of rotatable bonds is 5. The van der Waals surface area contributed by atoms with Crippen molar-refractivity contribution >= 4 is 38.9 Å². The molecule has 1 aliphatic heterocycles. The van der Waals surface area contributed by atoms with E-state index in [-0.39, 0.29) is 0 Å². The van der Waals surface area contributed by atoms with Crippen molar-refractivity contribution in [3.63, 3.8) is 0 Å². The Hall–Kier alpha value is -7.37. The van der Waals surface area contributed by atoms with Crippen molar-refractivity contribution < 1.29 is 0 Å². The third kappa shape index (κ3) is 4.17. The number of para-hydroxylation sites is 1. The second kappa shape index (κ2) is 11.8. The Bertz CT molecular complexity index is 3150. The van der Waals surface area contributed by atoms with Crippen molar-refractivity contribution in [1.82, 2.24) is 19.1 Å². The molecule has 4 aromatic heterocycles. The van der Waals surface area contributed by atoms with Gasteiger partial charge in [0.25, 0.3) is 0 Å². The van der Waals surface area contributed by atoms with Gasteiger partial charge in [-0.1, -0.05) is 115 Å². The van der Waals surface area contributed by atoms with Gasteiger partial charge < -0.3 is 9.13 Å². The Morgan fingerprint density at radius 2 is 1.18 bits per heavy atom. The average molecular weight is 716 g/mol. The largest absolute Gasteiger partial charge is 0.311 e. The van der Waals surface area contributed by atoms with Crippen molar-refractivity contribution in [2.24, 2.45) is 4.99 Å². The fraction of sp³-hybridized carbons (Fsp3) is 0.0392. The molecule has 5 nitrogen and oxygen atoms in total. The summed E-state index contributed by atoms with van der Waals surface area (Å²) in [5, 5.41) is 3.63. The summed E-state index contributed by atoms with van der Waals surface area (Å²) in [6.45, 7) is 0.684. The number of fused-ring (bicyclic) bond motifs is 10. The molecule has 0 fully saturated rings. The summed E-state index contributed by atoms with van der Waals surface area (Å²) in [6.07, 6.45) is 7.74. The maximum absolute atomic E-state index is 5.20. The van der Waals surface area contributed by atoms with Crippen LogP contribution in [-0.2, 0) is 12.0 Å². The lowest BCUT2D eigenvalue weighted by molar-refractivity contribution is 0.738. The van der Waals surface area contributed by atoms with Crippen molar-refractivity contribution in [3.8, 4) is 33.6 Å². The standard InChI is InChI=1S/C51H33N5/c1-3-10-35(11-4-1)51(36-12-5-2-6-13-36)43-25-26-46-49(48(43)40-15-9-28-54-50(40)51)39-14-7-8-16-44(39)55(46)37-21-17-33(18-22-37)34-19-23-38(24-20-34)56-45-27-29-52-30-41(45)42-31-53-32-47(42)56/h1-31H,32H2. The molecule has 5 heterocycles. The van der Waals surface area contributed by atoms with Gasteiger partial charge in [0.1, 0.15) is 0 Å². The van der Waals surface area contributed by atoms with E-state index < -0.39 is 5.41 Å². The van der Waals surface area contributed by atoms with Crippen LogP contribution in [0.1, 0.15) is 33.6 Å². The summed E-state index contributed by atoms with van der Waals surface area (Å²) in [7, 11) is 0. The van der Waals surface area contributed by atoms with E-state index in [0.717, 1.165) is 28.0 Å². The van der Waals surface area contributed by atoms with Crippen LogP contribution in [0.25, 0.3) is 66.3 Å². The van der Waals surface area contributed by atoms with Gasteiger partial charge >= 0.3 is 0 Å². The van der Waals surface area contributed by atoms with Gasteiger partial charge in [0.2, 0.25) is 0 Å². The molecule has 0 amide bonds. The third-order valence-corrected chi connectivity index (χ3v) is 12.0. The van der Waals surface area contributed by atoms with Gasteiger partial charge in [-0.05, 0) is 81.9 Å². The van der Waals surface area contributed by atoms with Crippen molar-refractivity contribution in [2.45, 2.75) is 12.0 Å². The van der Waals surface area contributed by atoms with Crippen molar-refractivity contribution in [3.05, 3.63) is 216 Å². The van der Waals surface area contributed by atoms with Crippen LogP contribution in [0, 0.1) is 0 Å². The second-order valence-electron chi connectivity index (χ2n) is 14.8. The van der Waals surface area contributed by atoms with E-state index in [1.165, 1.54) is 72.0 Å². The maximum Gasteiger partial charge on any atom is 0.0886 e. The Labute approximate surface area is 323 Å². The first-order valence-electron chi connectivity index (χ1n) is 19.1. The number of pyridine rings is 2. The number of nitrogens with zero attached hydrogens (tertiary/aromatic N) is 5. The highest BCUT2D eigenvalue weighted by atomic mass is 15.0. The molecule has 0 bridgehead atoms. The van der Waals surface area contributed by atoms with E-state index in [4.69, 9.17) is 4.98 Å². The number of benzene rings is 6. The first-order chi connectivity index (χ1) is 27.8. The molecule has 1 aliphatic carbocycles. The van der Waals surface area contributed by atoms with Crippen molar-refractivity contribution in [1.29, 1.82) is 0 Å². The molecule has 0 radical (unpaired) electrons. The fourth-order valence-electron chi connectivity index (χ4n) is 9.73. The van der Waals surface area contributed by atoms with Crippen LogP contribution < -0.4 is 0 Å². The molecule has 10 aromatic rings. The highest BCUT2D eigenvalue weighted by Gasteiger charge is 2.48. The average Bonchev–Trinajstić information content (AvgIpc) is 4.03. The molecular formula is C51H33N5. The summed E-state index contributed by atoms with van der Waals surface area (Å²) >= 11 is 0. The molecule has 12 rings (SSSR count). The lowest BCUT2D eigenvalue weighted by Gasteiger charge is -2.32. The minimum Gasteiger partial charge on any atom is -0.311 e. The zero-order valence-electron chi connectivity index (χ0n) is 30.3. The molecule has 6 aromatic carbocycles. The summed E-state index contributed by atoms with van der Waals surface area (Å²) in [4.78, 5) is 14.1. The lowest BCUT2D eigenvalue weighted by Crippen LogP contribution is -2.29. The molecule has 56 heavy (non-hydrogen) atoms. The summed E-state index contributed by atoms with van der Waals surface area (Å²) in [5.41, 5.74) is 17.2. The molecule has 5 heteroatoms. The van der Waals surface area contributed by atoms with E-state index in [2.05, 4.69) is 183 Å². The Kier molecular flexibility index (Phi) is 6.55. The number of hydrogen-bond acceptors (Lipinski definition) is 3. The molecular weight excluding hydrogens is 683 g/mol. The normalized spacial score (nSPS) is 13.7. The minimum atomic E-state index is -0.553. The van der Waals surface area contributed by atoms with E-state index >= 15 is 0 Å². The maximum atomic E-state index is 5.20. The van der Waals surface area contributed by atoms with E-state index in [9.17, 15) is 0 Å². The van der Waals surface area contributed by atoms with Crippen LogP contribution in [0.5, 0.6) is 0 Å². The lowest BCUT2D eigenvalue weighted by atomic mass is 9.69. The zero-order chi connectivity index (χ0) is 36.8. The smallest absolute Gasteiger partial charge is 0.0886 e. The minimum absolute atomic E-state index is 0.553. The fourth-order valence-corrected chi connectivity index (χ4v) is 9.73. The summed E-state index contributed by atoms with van der Waals surface area (Å²) in [5.74, 6) is 0.